The lowest BCUT2D eigenvalue weighted by atomic mass is 10.1. The third-order valence-electron chi connectivity index (χ3n) is 3.70. The first-order valence-electron chi connectivity index (χ1n) is 7.99. The standard InChI is InChI=1S/C19H23NO5/c1-4-25-18-15(23-2)10-13(11-16(18)24-3)12-20-17(19(21)22)14-8-6-5-7-9-14/h5-11,17,20H,4,12H2,1-3H3,(H,21,22)/t17-/m1/s1. The van der Waals surface area contributed by atoms with Gasteiger partial charge in [0.25, 0.3) is 0 Å². The van der Waals surface area contributed by atoms with Crippen LogP contribution >= 0.6 is 0 Å². The topological polar surface area (TPSA) is 77.0 Å². The third kappa shape index (κ3) is 4.64. The van der Waals surface area contributed by atoms with E-state index in [4.69, 9.17) is 14.2 Å². The Morgan fingerprint density at radius 2 is 1.72 bits per heavy atom. The highest BCUT2D eigenvalue weighted by atomic mass is 16.5. The van der Waals surface area contributed by atoms with Gasteiger partial charge in [-0.25, -0.2) is 0 Å². The molecule has 2 rings (SSSR count). The highest BCUT2D eigenvalue weighted by Gasteiger charge is 2.20. The summed E-state index contributed by atoms with van der Waals surface area (Å²) >= 11 is 0. The van der Waals surface area contributed by atoms with Crippen LogP contribution in [0, 0.1) is 0 Å². The van der Waals surface area contributed by atoms with E-state index in [1.54, 1.807) is 26.4 Å². The van der Waals surface area contributed by atoms with Crippen LogP contribution in [-0.2, 0) is 11.3 Å². The molecule has 0 unspecified atom stereocenters. The van der Waals surface area contributed by atoms with Crippen LogP contribution in [0.25, 0.3) is 0 Å². The van der Waals surface area contributed by atoms with Crippen LogP contribution in [0.3, 0.4) is 0 Å². The number of ether oxygens (including phenoxy) is 3. The smallest absolute Gasteiger partial charge is 0.325 e. The molecule has 1 atom stereocenters. The molecule has 2 aromatic carbocycles. The summed E-state index contributed by atoms with van der Waals surface area (Å²) in [6.45, 7) is 2.70. The maximum Gasteiger partial charge on any atom is 0.325 e. The Labute approximate surface area is 147 Å². The van der Waals surface area contributed by atoms with Crippen molar-refractivity contribution in [3.8, 4) is 17.2 Å². The highest BCUT2D eigenvalue weighted by molar-refractivity contribution is 5.75. The van der Waals surface area contributed by atoms with E-state index in [0.29, 0.717) is 36.0 Å². The molecular formula is C19H23NO5. The number of hydrogen-bond donors (Lipinski definition) is 2. The molecule has 0 fully saturated rings. The number of hydrogen-bond acceptors (Lipinski definition) is 5. The normalized spacial score (nSPS) is 11.6. The van der Waals surface area contributed by atoms with Crippen LogP contribution in [0.15, 0.2) is 42.5 Å². The van der Waals surface area contributed by atoms with Crippen molar-refractivity contribution < 1.29 is 24.1 Å². The van der Waals surface area contributed by atoms with Crippen LogP contribution < -0.4 is 19.5 Å². The van der Waals surface area contributed by atoms with Gasteiger partial charge >= 0.3 is 5.97 Å². The van der Waals surface area contributed by atoms with Crippen LogP contribution in [0.1, 0.15) is 24.1 Å². The van der Waals surface area contributed by atoms with Gasteiger partial charge in [-0.15, -0.1) is 0 Å². The summed E-state index contributed by atoms with van der Waals surface area (Å²) in [5.74, 6) is 0.694. The van der Waals surface area contributed by atoms with Gasteiger partial charge in [0.15, 0.2) is 11.5 Å². The molecular weight excluding hydrogens is 322 g/mol. The van der Waals surface area contributed by atoms with E-state index in [1.807, 2.05) is 37.3 Å². The van der Waals surface area contributed by atoms with Crippen molar-refractivity contribution in [3.63, 3.8) is 0 Å². The summed E-state index contributed by atoms with van der Waals surface area (Å²) in [5.41, 5.74) is 1.53. The molecule has 0 radical (unpaired) electrons. The number of benzene rings is 2. The van der Waals surface area contributed by atoms with Crippen molar-refractivity contribution in [2.45, 2.75) is 19.5 Å². The quantitative estimate of drug-likeness (QED) is 0.727. The molecule has 2 N–H and O–H groups in total. The zero-order valence-corrected chi connectivity index (χ0v) is 14.6. The van der Waals surface area contributed by atoms with Gasteiger partial charge in [0.2, 0.25) is 5.75 Å². The molecule has 6 heteroatoms. The van der Waals surface area contributed by atoms with Crippen molar-refractivity contribution in [2.24, 2.45) is 0 Å². The molecule has 0 aliphatic rings. The fourth-order valence-corrected chi connectivity index (χ4v) is 2.54. The fourth-order valence-electron chi connectivity index (χ4n) is 2.54. The molecule has 134 valence electrons. The van der Waals surface area contributed by atoms with Gasteiger partial charge in [-0.2, -0.15) is 0 Å². The fraction of sp³-hybridized carbons (Fsp3) is 0.316. The number of aliphatic carboxylic acids is 1. The third-order valence-corrected chi connectivity index (χ3v) is 3.70. The molecule has 0 spiro atoms. The monoisotopic (exact) mass is 345 g/mol. The minimum atomic E-state index is -0.934. The summed E-state index contributed by atoms with van der Waals surface area (Å²) in [4.78, 5) is 11.6. The van der Waals surface area contributed by atoms with E-state index < -0.39 is 12.0 Å². The minimum absolute atomic E-state index is 0.338. The largest absolute Gasteiger partial charge is 0.493 e. The second-order valence-electron chi connectivity index (χ2n) is 5.33. The van der Waals surface area contributed by atoms with E-state index in [9.17, 15) is 9.90 Å². The first kappa shape index (κ1) is 18.6. The molecule has 0 aliphatic heterocycles. The highest BCUT2D eigenvalue weighted by Crippen LogP contribution is 2.38. The van der Waals surface area contributed by atoms with Gasteiger partial charge < -0.3 is 19.3 Å². The zero-order valence-electron chi connectivity index (χ0n) is 14.6. The van der Waals surface area contributed by atoms with E-state index in [2.05, 4.69) is 5.32 Å². The molecule has 0 bridgehead atoms. The molecule has 2 aromatic rings. The molecule has 0 aliphatic carbocycles. The summed E-state index contributed by atoms with van der Waals surface area (Å²) < 4.78 is 16.3. The summed E-state index contributed by atoms with van der Waals surface area (Å²) in [5, 5.41) is 12.5. The average Bonchev–Trinajstić information content (AvgIpc) is 2.63. The Bertz CT molecular complexity index is 677. The number of methoxy groups -OCH3 is 2. The lowest BCUT2D eigenvalue weighted by Crippen LogP contribution is -2.28. The Balaban J connectivity index is 2.23. The molecule has 0 aromatic heterocycles. The predicted octanol–water partition coefficient (Wildman–Crippen LogP) is 3.02. The van der Waals surface area contributed by atoms with Crippen molar-refractivity contribution in [1.29, 1.82) is 0 Å². The van der Waals surface area contributed by atoms with Gasteiger partial charge in [0.1, 0.15) is 6.04 Å². The average molecular weight is 345 g/mol. The van der Waals surface area contributed by atoms with Crippen LogP contribution in [0.5, 0.6) is 17.2 Å². The Morgan fingerprint density at radius 3 is 2.20 bits per heavy atom. The first-order valence-corrected chi connectivity index (χ1v) is 7.99. The maximum atomic E-state index is 11.6. The number of rotatable bonds is 9. The van der Waals surface area contributed by atoms with Crippen molar-refractivity contribution in [1.82, 2.24) is 5.32 Å². The molecule has 0 heterocycles. The van der Waals surface area contributed by atoms with Gasteiger partial charge in [0.05, 0.1) is 20.8 Å². The predicted molar refractivity (Wildman–Crippen MR) is 94.4 cm³/mol. The van der Waals surface area contributed by atoms with Crippen LogP contribution in [-0.4, -0.2) is 31.9 Å². The van der Waals surface area contributed by atoms with Crippen molar-refractivity contribution in [3.05, 3.63) is 53.6 Å². The maximum absolute atomic E-state index is 11.6. The molecule has 25 heavy (non-hydrogen) atoms. The Hall–Kier alpha value is -2.73. The van der Waals surface area contributed by atoms with Crippen molar-refractivity contribution in [2.75, 3.05) is 20.8 Å². The first-order chi connectivity index (χ1) is 12.1. The second-order valence-corrected chi connectivity index (χ2v) is 5.33. The molecule has 6 nitrogen and oxygen atoms in total. The summed E-state index contributed by atoms with van der Waals surface area (Å²) in [7, 11) is 3.11. The number of carboxylic acids is 1. The Kier molecular flexibility index (Phi) is 6.65. The Morgan fingerprint density at radius 1 is 1.12 bits per heavy atom. The van der Waals surface area contributed by atoms with E-state index >= 15 is 0 Å². The van der Waals surface area contributed by atoms with Gasteiger partial charge in [-0.3, -0.25) is 10.1 Å². The lowest BCUT2D eigenvalue weighted by molar-refractivity contribution is -0.139. The zero-order chi connectivity index (χ0) is 18.2. The van der Waals surface area contributed by atoms with E-state index in [0.717, 1.165) is 5.56 Å². The number of carbonyl (C=O) groups is 1. The minimum Gasteiger partial charge on any atom is -0.493 e. The molecule has 0 amide bonds. The molecule has 0 saturated heterocycles. The van der Waals surface area contributed by atoms with E-state index in [-0.39, 0.29) is 0 Å². The molecule has 0 saturated carbocycles. The van der Waals surface area contributed by atoms with Gasteiger partial charge in [-0.1, -0.05) is 30.3 Å². The number of carboxylic acid groups (broad SMARTS) is 1. The van der Waals surface area contributed by atoms with Crippen LogP contribution in [0.4, 0.5) is 0 Å². The lowest BCUT2D eigenvalue weighted by Gasteiger charge is -2.18. The van der Waals surface area contributed by atoms with Crippen molar-refractivity contribution >= 4 is 5.97 Å². The second kappa shape index (κ2) is 8.94. The summed E-state index contributed by atoms with van der Waals surface area (Å²) in [6, 6.07) is 11.9. The van der Waals surface area contributed by atoms with Gasteiger partial charge in [-0.05, 0) is 30.2 Å². The van der Waals surface area contributed by atoms with Crippen LogP contribution in [0.2, 0.25) is 0 Å². The van der Waals surface area contributed by atoms with Gasteiger partial charge in [0, 0.05) is 6.54 Å². The van der Waals surface area contributed by atoms with E-state index in [1.165, 1.54) is 0 Å². The number of nitrogens with one attached hydrogen (secondary N) is 1. The SMILES string of the molecule is CCOc1c(OC)cc(CN[C@@H](C(=O)O)c2ccccc2)cc1OC. The summed E-state index contributed by atoms with van der Waals surface area (Å²) in [6.07, 6.45) is 0.